The Morgan fingerprint density at radius 1 is 0.923 bits per heavy atom. The molecule has 0 aromatic heterocycles. The van der Waals surface area contributed by atoms with Gasteiger partial charge in [0.2, 0.25) is 0 Å². The van der Waals surface area contributed by atoms with Crippen LogP contribution in [-0.4, -0.2) is 11.2 Å². The van der Waals surface area contributed by atoms with Crippen LogP contribution in [-0.2, 0) is 0 Å². The number of hydrogen-bond donors (Lipinski definition) is 1. The summed E-state index contributed by atoms with van der Waals surface area (Å²) in [4.78, 5) is 0. The highest BCUT2D eigenvalue weighted by molar-refractivity contribution is 4.69. The second kappa shape index (κ2) is 6.42. The Kier molecular flexibility index (Phi) is 5.45. The molecule has 0 radical (unpaired) electrons. The average Bonchev–Trinajstić information content (AvgIpc) is 2.16. The van der Waals surface area contributed by atoms with Crippen LogP contribution < -0.4 is 0 Å². The highest BCUT2D eigenvalue weighted by atomic mass is 16.3. The van der Waals surface area contributed by atoms with Gasteiger partial charge in [-0.2, -0.15) is 0 Å². The molecule has 0 aromatic rings. The van der Waals surface area contributed by atoms with E-state index in [1.807, 2.05) is 0 Å². The summed E-state index contributed by atoms with van der Waals surface area (Å²) in [6, 6.07) is 0. The van der Waals surface area contributed by atoms with Crippen molar-refractivity contribution in [3.8, 4) is 0 Å². The topological polar surface area (TPSA) is 20.2 Å². The minimum absolute atomic E-state index is 0.0110. The summed E-state index contributed by atoms with van der Waals surface area (Å²) in [7, 11) is 0. The van der Waals surface area contributed by atoms with Crippen LogP contribution in [0.4, 0.5) is 0 Å². The maximum Gasteiger partial charge on any atom is 0.0568 e. The van der Waals surface area contributed by atoms with E-state index in [1.54, 1.807) is 0 Å². The van der Waals surface area contributed by atoms with E-state index < -0.39 is 0 Å². The SMILES string of the molecule is CC[C@@H]1CCCCCCCC[C@H]1O. The number of rotatable bonds is 1. The Morgan fingerprint density at radius 2 is 1.46 bits per heavy atom. The molecule has 1 nitrogen and oxygen atoms in total. The minimum atomic E-state index is -0.0110. The van der Waals surface area contributed by atoms with E-state index in [2.05, 4.69) is 6.92 Å². The van der Waals surface area contributed by atoms with E-state index in [9.17, 15) is 5.11 Å². The fraction of sp³-hybridized carbons (Fsp3) is 1.00. The molecule has 13 heavy (non-hydrogen) atoms. The summed E-state index contributed by atoms with van der Waals surface area (Å²) in [5.74, 6) is 0.582. The molecule has 0 aliphatic heterocycles. The molecule has 1 heteroatoms. The molecule has 2 atom stereocenters. The predicted molar refractivity (Wildman–Crippen MR) is 56.7 cm³/mol. The first-order valence-electron chi connectivity index (χ1n) is 6.02. The van der Waals surface area contributed by atoms with Crippen LogP contribution in [0, 0.1) is 5.92 Å². The number of hydrogen-bond acceptors (Lipinski definition) is 1. The molecule has 1 rings (SSSR count). The van der Waals surface area contributed by atoms with Crippen LogP contribution >= 0.6 is 0 Å². The molecule has 0 amide bonds. The fourth-order valence-electron chi connectivity index (χ4n) is 2.37. The summed E-state index contributed by atoms with van der Waals surface area (Å²) < 4.78 is 0. The van der Waals surface area contributed by atoms with Crippen molar-refractivity contribution in [3.63, 3.8) is 0 Å². The zero-order chi connectivity index (χ0) is 9.52. The summed E-state index contributed by atoms with van der Waals surface area (Å²) in [6.45, 7) is 2.21. The number of aliphatic hydroxyl groups is 1. The van der Waals surface area contributed by atoms with Gasteiger partial charge in [-0.3, -0.25) is 0 Å². The Balaban J connectivity index is 2.32. The van der Waals surface area contributed by atoms with Crippen LogP contribution in [0.1, 0.15) is 64.7 Å². The van der Waals surface area contributed by atoms with Crippen LogP contribution in [0.2, 0.25) is 0 Å². The van der Waals surface area contributed by atoms with E-state index in [0.29, 0.717) is 5.92 Å². The second-order valence-electron chi connectivity index (χ2n) is 4.43. The predicted octanol–water partition coefficient (Wildman–Crippen LogP) is 3.51. The number of aliphatic hydroxyl groups excluding tert-OH is 1. The van der Waals surface area contributed by atoms with Gasteiger partial charge in [0.1, 0.15) is 0 Å². The maximum atomic E-state index is 9.89. The van der Waals surface area contributed by atoms with Gasteiger partial charge in [-0.05, 0) is 18.8 Å². The van der Waals surface area contributed by atoms with Gasteiger partial charge in [0.15, 0.2) is 0 Å². The van der Waals surface area contributed by atoms with Crippen molar-refractivity contribution in [1.29, 1.82) is 0 Å². The molecule has 1 fully saturated rings. The third-order valence-electron chi connectivity index (χ3n) is 3.39. The molecular formula is C12H24O. The minimum Gasteiger partial charge on any atom is -0.393 e. The molecular weight excluding hydrogens is 160 g/mol. The van der Waals surface area contributed by atoms with Gasteiger partial charge >= 0.3 is 0 Å². The first kappa shape index (κ1) is 11.0. The summed E-state index contributed by atoms with van der Waals surface area (Å²) in [5, 5.41) is 9.89. The first-order chi connectivity index (χ1) is 6.34. The molecule has 1 saturated carbocycles. The van der Waals surface area contributed by atoms with Crippen molar-refractivity contribution in [2.75, 3.05) is 0 Å². The van der Waals surface area contributed by atoms with E-state index >= 15 is 0 Å². The Labute approximate surface area is 82.5 Å². The van der Waals surface area contributed by atoms with Crippen molar-refractivity contribution in [2.24, 2.45) is 5.92 Å². The van der Waals surface area contributed by atoms with Crippen LogP contribution in [0.5, 0.6) is 0 Å². The van der Waals surface area contributed by atoms with Crippen LogP contribution in [0.15, 0.2) is 0 Å². The molecule has 0 spiro atoms. The highest BCUT2D eigenvalue weighted by Gasteiger charge is 2.17. The zero-order valence-corrected chi connectivity index (χ0v) is 8.97. The fourth-order valence-corrected chi connectivity index (χ4v) is 2.37. The summed E-state index contributed by atoms with van der Waals surface area (Å²) in [5.41, 5.74) is 0. The lowest BCUT2D eigenvalue weighted by atomic mass is 9.88. The van der Waals surface area contributed by atoms with Crippen LogP contribution in [0.3, 0.4) is 0 Å². The third kappa shape index (κ3) is 4.12. The van der Waals surface area contributed by atoms with Gasteiger partial charge in [0.05, 0.1) is 6.10 Å². The maximum absolute atomic E-state index is 9.89. The van der Waals surface area contributed by atoms with E-state index in [-0.39, 0.29) is 6.10 Å². The lowest BCUT2D eigenvalue weighted by Gasteiger charge is -2.22. The first-order valence-corrected chi connectivity index (χ1v) is 6.02. The monoisotopic (exact) mass is 184 g/mol. The molecule has 1 aliphatic rings. The Bertz CT molecular complexity index is 122. The average molecular weight is 184 g/mol. The van der Waals surface area contributed by atoms with Crippen molar-refractivity contribution in [3.05, 3.63) is 0 Å². The summed E-state index contributed by atoms with van der Waals surface area (Å²) >= 11 is 0. The van der Waals surface area contributed by atoms with Gasteiger partial charge in [-0.15, -0.1) is 0 Å². The highest BCUT2D eigenvalue weighted by Crippen LogP contribution is 2.23. The van der Waals surface area contributed by atoms with E-state index in [0.717, 1.165) is 12.8 Å². The molecule has 0 aromatic carbocycles. The zero-order valence-electron chi connectivity index (χ0n) is 8.97. The van der Waals surface area contributed by atoms with Crippen LogP contribution in [0.25, 0.3) is 0 Å². The molecule has 0 heterocycles. The lowest BCUT2D eigenvalue weighted by molar-refractivity contribution is 0.0856. The standard InChI is InChI=1S/C12H24O/c1-2-11-9-7-5-3-4-6-8-10-12(11)13/h11-13H,2-10H2,1H3/t11-,12-/m1/s1. The van der Waals surface area contributed by atoms with Crippen molar-refractivity contribution < 1.29 is 5.11 Å². The van der Waals surface area contributed by atoms with Gasteiger partial charge < -0.3 is 5.11 Å². The van der Waals surface area contributed by atoms with E-state index in [1.165, 1.54) is 44.9 Å². The largest absolute Gasteiger partial charge is 0.393 e. The summed E-state index contributed by atoms with van der Waals surface area (Å²) in [6.07, 6.45) is 11.5. The Morgan fingerprint density at radius 3 is 2.08 bits per heavy atom. The molecule has 78 valence electrons. The van der Waals surface area contributed by atoms with Crippen molar-refractivity contribution >= 4 is 0 Å². The van der Waals surface area contributed by atoms with Gasteiger partial charge in [0, 0.05) is 0 Å². The molecule has 0 saturated heterocycles. The second-order valence-corrected chi connectivity index (χ2v) is 4.43. The smallest absolute Gasteiger partial charge is 0.0568 e. The van der Waals surface area contributed by atoms with Gasteiger partial charge in [-0.1, -0.05) is 51.9 Å². The quantitative estimate of drug-likeness (QED) is 0.661. The third-order valence-corrected chi connectivity index (χ3v) is 3.39. The van der Waals surface area contributed by atoms with Gasteiger partial charge in [0.25, 0.3) is 0 Å². The molecule has 0 unspecified atom stereocenters. The van der Waals surface area contributed by atoms with Crippen molar-refractivity contribution in [2.45, 2.75) is 70.8 Å². The molecule has 0 bridgehead atoms. The van der Waals surface area contributed by atoms with Crippen molar-refractivity contribution in [1.82, 2.24) is 0 Å². The normalized spacial score (nSPS) is 32.8. The Hall–Kier alpha value is -0.0400. The van der Waals surface area contributed by atoms with E-state index in [4.69, 9.17) is 0 Å². The lowest BCUT2D eigenvalue weighted by Crippen LogP contribution is -2.20. The molecule has 1 N–H and O–H groups in total. The van der Waals surface area contributed by atoms with Gasteiger partial charge in [-0.25, -0.2) is 0 Å². The molecule has 1 aliphatic carbocycles.